The van der Waals surface area contributed by atoms with Crippen LogP contribution in [0.25, 0.3) is 0 Å². The number of carbonyl (C=O) groups is 1. The summed E-state index contributed by atoms with van der Waals surface area (Å²) in [6, 6.07) is 5.09. The van der Waals surface area contributed by atoms with Crippen LogP contribution in [0, 0.1) is 6.92 Å². The molecule has 0 N–H and O–H groups in total. The minimum Gasteiger partial charge on any atom is -0.496 e. The first kappa shape index (κ1) is 20.9. The van der Waals surface area contributed by atoms with E-state index in [2.05, 4.69) is 5.10 Å². The van der Waals surface area contributed by atoms with E-state index in [0.29, 0.717) is 30.5 Å². The van der Waals surface area contributed by atoms with Gasteiger partial charge in [-0.05, 0) is 37.0 Å². The molecular weight excluding hydrogens is 389 g/mol. The van der Waals surface area contributed by atoms with Crippen molar-refractivity contribution < 1.29 is 22.7 Å². The maximum absolute atomic E-state index is 13.0. The van der Waals surface area contributed by atoms with Gasteiger partial charge >= 0.3 is 11.9 Å². The molecular formula is C19H23F3N4O3. The predicted octanol–water partition coefficient (Wildman–Crippen LogP) is 2.32. The lowest BCUT2D eigenvalue weighted by atomic mass is 10.0. The zero-order chi connectivity index (χ0) is 21.3. The Hall–Kier alpha value is -2.78. The maximum Gasteiger partial charge on any atom is 0.451 e. The van der Waals surface area contributed by atoms with E-state index in [1.54, 1.807) is 12.0 Å². The Labute approximate surface area is 165 Å². The molecule has 0 spiro atoms. The number of benzene rings is 1. The van der Waals surface area contributed by atoms with E-state index in [9.17, 15) is 22.8 Å². The lowest BCUT2D eigenvalue weighted by molar-refractivity contribution is -0.147. The molecule has 29 heavy (non-hydrogen) atoms. The van der Waals surface area contributed by atoms with Crippen molar-refractivity contribution in [2.75, 3.05) is 20.2 Å². The number of amides is 1. The van der Waals surface area contributed by atoms with Gasteiger partial charge < -0.3 is 9.64 Å². The molecule has 0 saturated carbocycles. The summed E-state index contributed by atoms with van der Waals surface area (Å²) in [5.41, 5.74) is 1.01. The van der Waals surface area contributed by atoms with Crippen molar-refractivity contribution in [2.45, 2.75) is 38.4 Å². The monoisotopic (exact) mass is 412 g/mol. The number of aryl methyl sites for hydroxylation is 1. The van der Waals surface area contributed by atoms with Gasteiger partial charge in [-0.1, -0.05) is 12.1 Å². The molecule has 2 aromatic rings. The number of nitrogens with zero attached hydrogens (tertiary/aromatic N) is 4. The molecule has 7 nitrogen and oxygen atoms in total. The molecule has 2 heterocycles. The van der Waals surface area contributed by atoms with Gasteiger partial charge in [0.25, 0.3) is 0 Å². The normalized spacial score (nSPS) is 15.6. The molecule has 3 rings (SSSR count). The van der Waals surface area contributed by atoms with Gasteiger partial charge in [0.05, 0.1) is 19.6 Å². The summed E-state index contributed by atoms with van der Waals surface area (Å²) in [5.74, 6) is -0.519. The Morgan fingerprint density at radius 1 is 1.28 bits per heavy atom. The second-order valence-corrected chi connectivity index (χ2v) is 7.20. The summed E-state index contributed by atoms with van der Waals surface area (Å²) < 4.78 is 45.5. The van der Waals surface area contributed by atoms with E-state index < -0.39 is 23.7 Å². The van der Waals surface area contributed by atoms with Crippen LogP contribution < -0.4 is 10.4 Å². The highest BCUT2D eigenvalue weighted by molar-refractivity contribution is 5.79. The first-order chi connectivity index (χ1) is 13.6. The number of hydrogen-bond donors (Lipinski definition) is 0. The number of ether oxygens (including phenoxy) is 1. The van der Waals surface area contributed by atoms with Crippen LogP contribution in [0.4, 0.5) is 13.2 Å². The van der Waals surface area contributed by atoms with Crippen LogP contribution >= 0.6 is 0 Å². The molecule has 0 bridgehead atoms. The molecule has 1 aromatic heterocycles. The van der Waals surface area contributed by atoms with Crippen LogP contribution in [-0.2, 0) is 24.4 Å². The number of carbonyl (C=O) groups excluding carboxylic acids is 1. The summed E-state index contributed by atoms with van der Waals surface area (Å²) in [7, 11) is 2.64. The summed E-state index contributed by atoms with van der Waals surface area (Å²) in [6.45, 7) is 2.63. The minimum atomic E-state index is -4.69. The van der Waals surface area contributed by atoms with Crippen molar-refractivity contribution in [1.29, 1.82) is 0 Å². The maximum atomic E-state index is 13.0. The lowest BCUT2D eigenvalue weighted by Crippen LogP contribution is -2.41. The van der Waals surface area contributed by atoms with Gasteiger partial charge in [-0.2, -0.15) is 13.2 Å². The van der Waals surface area contributed by atoms with Gasteiger partial charge in [-0.25, -0.2) is 9.48 Å². The van der Waals surface area contributed by atoms with Gasteiger partial charge in [0.2, 0.25) is 11.7 Å². The Kier molecular flexibility index (Phi) is 5.72. The summed E-state index contributed by atoms with van der Waals surface area (Å²) in [4.78, 5) is 26.4. The highest BCUT2D eigenvalue weighted by Gasteiger charge is 2.39. The number of hydrogen-bond acceptors (Lipinski definition) is 4. The van der Waals surface area contributed by atoms with Gasteiger partial charge in [0, 0.05) is 20.1 Å². The molecule has 1 saturated heterocycles. The third kappa shape index (κ3) is 4.30. The minimum absolute atomic E-state index is 0.0580. The number of aromatic nitrogens is 3. The van der Waals surface area contributed by atoms with E-state index in [0.717, 1.165) is 28.6 Å². The summed E-state index contributed by atoms with van der Waals surface area (Å²) in [5, 5.41) is 3.49. The fourth-order valence-corrected chi connectivity index (χ4v) is 3.64. The topological polar surface area (TPSA) is 69.4 Å². The molecule has 1 aromatic carbocycles. The molecule has 0 aliphatic carbocycles. The van der Waals surface area contributed by atoms with E-state index in [-0.39, 0.29) is 12.3 Å². The van der Waals surface area contributed by atoms with Gasteiger partial charge in [-0.15, -0.1) is 5.10 Å². The van der Waals surface area contributed by atoms with Crippen molar-refractivity contribution in [1.82, 2.24) is 19.2 Å². The predicted molar refractivity (Wildman–Crippen MR) is 98.8 cm³/mol. The number of rotatable bonds is 4. The molecule has 1 amide bonds. The number of halogens is 3. The highest BCUT2D eigenvalue weighted by atomic mass is 19.4. The Morgan fingerprint density at radius 2 is 1.93 bits per heavy atom. The van der Waals surface area contributed by atoms with Crippen molar-refractivity contribution in [3.05, 3.63) is 45.6 Å². The van der Waals surface area contributed by atoms with Crippen LogP contribution in [0.5, 0.6) is 5.75 Å². The lowest BCUT2D eigenvalue weighted by Gasteiger charge is -2.31. The third-order valence-corrected chi connectivity index (χ3v) is 5.23. The highest BCUT2D eigenvalue weighted by Crippen LogP contribution is 2.28. The largest absolute Gasteiger partial charge is 0.496 e. The quantitative estimate of drug-likeness (QED) is 0.773. The molecule has 0 atom stereocenters. The zero-order valence-corrected chi connectivity index (χ0v) is 16.5. The van der Waals surface area contributed by atoms with Crippen molar-refractivity contribution >= 4 is 5.91 Å². The van der Waals surface area contributed by atoms with Crippen molar-refractivity contribution in [3.63, 3.8) is 0 Å². The van der Waals surface area contributed by atoms with Gasteiger partial charge in [0.1, 0.15) is 5.75 Å². The molecule has 1 fully saturated rings. The first-order valence-corrected chi connectivity index (χ1v) is 9.26. The van der Waals surface area contributed by atoms with Gasteiger partial charge in [-0.3, -0.25) is 9.36 Å². The molecule has 0 radical (unpaired) electrons. The SMILES string of the molecule is COc1ccc(CC(=O)N2CCC(n3nc(C(F)(F)F)n(C)c3=O)CC2)cc1C. The van der Waals surface area contributed by atoms with Gasteiger partial charge in [0.15, 0.2) is 0 Å². The Balaban J connectivity index is 1.64. The molecule has 10 heteroatoms. The average molecular weight is 412 g/mol. The summed E-state index contributed by atoms with van der Waals surface area (Å²) in [6.07, 6.45) is -3.70. The Bertz CT molecular complexity index is 957. The van der Waals surface area contributed by atoms with E-state index in [1.165, 1.54) is 0 Å². The van der Waals surface area contributed by atoms with Crippen molar-refractivity contribution in [3.8, 4) is 5.75 Å². The van der Waals surface area contributed by atoms with E-state index in [1.807, 2.05) is 25.1 Å². The van der Waals surface area contributed by atoms with Crippen LogP contribution in [0.3, 0.4) is 0 Å². The van der Waals surface area contributed by atoms with Crippen LogP contribution in [0.15, 0.2) is 23.0 Å². The average Bonchev–Trinajstić information content (AvgIpc) is 2.97. The number of methoxy groups -OCH3 is 1. The fraction of sp³-hybridized carbons (Fsp3) is 0.526. The zero-order valence-electron chi connectivity index (χ0n) is 16.5. The fourth-order valence-electron chi connectivity index (χ4n) is 3.64. The number of likely N-dealkylation sites (tertiary alicyclic amines) is 1. The summed E-state index contributed by atoms with van der Waals surface area (Å²) >= 11 is 0. The number of alkyl halides is 3. The van der Waals surface area contributed by atoms with Crippen molar-refractivity contribution in [2.24, 2.45) is 7.05 Å². The van der Waals surface area contributed by atoms with Crippen LogP contribution in [0.1, 0.15) is 35.8 Å². The smallest absolute Gasteiger partial charge is 0.451 e. The Morgan fingerprint density at radius 3 is 2.45 bits per heavy atom. The molecule has 158 valence electrons. The van der Waals surface area contributed by atoms with Crippen LogP contribution in [0.2, 0.25) is 0 Å². The van der Waals surface area contributed by atoms with E-state index in [4.69, 9.17) is 4.74 Å². The number of piperidine rings is 1. The molecule has 1 aliphatic heterocycles. The van der Waals surface area contributed by atoms with Crippen LogP contribution in [-0.4, -0.2) is 45.4 Å². The molecule has 1 aliphatic rings. The standard InChI is InChI=1S/C19H23F3N4O3/c1-12-10-13(4-5-15(12)29-3)11-16(27)25-8-6-14(7-9-25)26-18(28)24(2)17(23-26)19(20,21)22/h4-5,10,14H,6-9,11H2,1-3H3. The second-order valence-electron chi connectivity index (χ2n) is 7.20. The first-order valence-electron chi connectivity index (χ1n) is 9.26. The molecule has 0 unspecified atom stereocenters. The third-order valence-electron chi connectivity index (χ3n) is 5.23. The second kappa shape index (κ2) is 7.92. The van der Waals surface area contributed by atoms with E-state index >= 15 is 0 Å².